The molecule has 4 bridgehead atoms. The zero-order valence-electron chi connectivity index (χ0n) is 16.0. The predicted molar refractivity (Wildman–Crippen MR) is 99.3 cm³/mol. The lowest BCUT2D eigenvalue weighted by Crippen LogP contribution is -2.43. The number of hydrogen-bond acceptors (Lipinski definition) is 1. The Labute approximate surface area is 149 Å². The Morgan fingerprint density at radius 2 is 1.79 bits per heavy atom. The molecule has 4 rings (SSSR count). The van der Waals surface area contributed by atoms with Crippen molar-refractivity contribution >= 4 is 0 Å². The summed E-state index contributed by atoms with van der Waals surface area (Å²) in [6.07, 6.45) is 18.4. The van der Waals surface area contributed by atoms with E-state index in [9.17, 15) is 5.26 Å². The van der Waals surface area contributed by atoms with Crippen LogP contribution in [0.2, 0.25) is 0 Å². The van der Waals surface area contributed by atoms with E-state index < -0.39 is 0 Å². The van der Waals surface area contributed by atoms with Crippen molar-refractivity contribution in [1.29, 1.82) is 5.26 Å². The maximum atomic E-state index is 9.94. The van der Waals surface area contributed by atoms with E-state index in [0.29, 0.717) is 5.41 Å². The number of hydrogen-bond donors (Lipinski definition) is 0. The summed E-state index contributed by atoms with van der Waals surface area (Å²) in [5, 5.41) is 9.94. The molecule has 7 atom stereocenters. The molecule has 4 aliphatic rings. The average molecular weight is 328 g/mol. The van der Waals surface area contributed by atoms with Crippen LogP contribution in [0.15, 0.2) is 0 Å². The second kappa shape index (κ2) is 6.34. The van der Waals surface area contributed by atoms with Crippen LogP contribution >= 0.6 is 0 Å². The molecule has 0 radical (unpaired) electrons. The monoisotopic (exact) mass is 327 g/mol. The van der Waals surface area contributed by atoms with E-state index in [0.717, 1.165) is 29.6 Å². The van der Waals surface area contributed by atoms with E-state index >= 15 is 0 Å². The molecule has 0 N–H and O–H groups in total. The summed E-state index contributed by atoms with van der Waals surface area (Å²) in [6.45, 7) is 4.80. The van der Waals surface area contributed by atoms with Gasteiger partial charge >= 0.3 is 0 Å². The third kappa shape index (κ3) is 3.15. The lowest BCUT2D eigenvalue weighted by molar-refractivity contribution is -0.0158. The quantitative estimate of drug-likeness (QED) is 0.563. The molecule has 0 amide bonds. The molecule has 134 valence electrons. The molecule has 7 unspecified atom stereocenters. The van der Waals surface area contributed by atoms with Gasteiger partial charge in [0.05, 0.1) is 11.5 Å². The topological polar surface area (TPSA) is 23.8 Å². The maximum Gasteiger partial charge on any atom is 0.0690 e. The molecule has 1 heteroatoms. The van der Waals surface area contributed by atoms with Gasteiger partial charge in [-0.05, 0) is 99.2 Å². The van der Waals surface area contributed by atoms with Crippen LogP contribution in [0, 0.1) is 51.8 Å². The first-order chi connectivity index (χ1) is 11.5. The van der Waals surface area contributed by atoms with Gasteiger partial charge in [-0.1, -0.05) is 33.1 Å². The van der Waals surface area contributed by atoms with E-state index in [1.807, 2.05) is 0 Å². The fourth-order valence-electron chi connectivity index (χ4n) is 8.11. The summed E-state index contributed by atoms with van der Waals surface area (Å²) >= 11 is 0. The fraction of sp³-hybridized carbons (Fsp3) is 0.957. The highest BCUT2D eigenvalue weighted by atomic mass is 14.5. The van der Waals surface area contributed by atoms with Crippen molar-refractivity contribution in [3.05, 3.63) is 0 Å². The summed E-state index contributed by atoms with van der Waals surface area (Å²) in [7, 11) is 0. The minimum absolute atomic E-state index is 0.0504. The highest BCUT2D eigenvalue weighted by Crippen LogP contribution is 2.59. The minimum Gasteiger partial charge on any atom is -0.198 e. The van der Waals surface area contributed by atoms with Crippen LogP contribution in [0.4, 0.5) is 0 Å². The van der Waals surface area contributed by atoms with Gasteiger partial charge in [0.25, 0.3) is 0 Å². The fourth-order valence-corrected chi connectivity index (χ4v) is 8.11. The molecule has 0 aliphatic heterocycles. The molecule has 0 spiro atoms. The first-order valence-corrected chi connectivity index (χ1v) is 10.9. The van der Waals surface area contributed by atoms with Crippen molar-refractivity contribution in [2.24, 2.45) is 40.4 Å². The molecule has 0 aromatic carbocycles. The smallest absolute Gasteiger partial charge is 0.0690 e. The Balaban J connectivity index is 1.49. The zero-order chi connectivity index (χ0) is 16.8. The van der Waals surface area contributed by atoms with Crippen LogP contribution in [-0.2, 0) is 0 Å². The highest BCUT2D eigenvalue weighted by molar-refractivity contribution is 5.08. The SMILES string of the molecule is CCC1CC2CCCC(CC3CC4CC(C)CC(C#N)(C4)C3)(C1)C2. The molecule has 0 aromatic heterocycles. The van der Waals surface area contributed by atoms with Crippen LogP contribution in [0.25, 0.3) is 0 Å². The second-order valence-corrected chi connectivity index (χ2v) is 10.7. The zero-order valence-corrected chi connectivity index (χ0v) is 16.0. The summed E-state index contributed by atoms with van der Waals surface area (Å²) in [4.78, 5) is 0. The Bertz CT molecular complexity index is 501. The molecule has 4 saturated carbocycles. The third-order valence-electron chi connectivity index (χ3n) is 8.47. The second-order valence-electron chi connectivity index (χ2n) is 10.7. The number of nitrogens with zero attached hydrogens (tertiary/aromatic N) is 1. The number of nitriles is 1. The van der Waals surface area contributed by atoms with E-state index in [2.05, 4.69) is 19.9 Å². The van der Waals surface area contributed by atoms with Gasteiger partial charge in [0.15, 0.2) is 0 Å². The Hall–Kier alpha value is -0.510. The average Bonchev–Trinajstić information content (AvgIpc) is 2.53. The molecule has 4 aliphatic carbocycles. The lowest BCUT2D eigenvalue weighted by atomic mass is 9.51. The summed E-state index contributed by atoms with van der Waals surface area (Å²) < 4.78 is 0. The van der Waals surface area contributed by atoms with Crippen LogP contribution in [0.1, 0.15) is 97.3 Å². The summed E-state index contributed by atoms with van der Waals surface area (Å²) in [5.41, 5.74) is 0.717. The third-order valence-corrected chi connectivity index (χ3v) is 8.47. The van der Waals surface area contributed by atoms with Gasteiger partial charge in [0.2, 0.25) is 0 Å². The van der Waals surface area contributed by atoms with Crippen molar-refractivity contribution in [3.63, 3.8) is 0 Å². The molecule has 4 fully saturated rings. The van der Waals surface area contributed by atoms with Gasteiger partial charge in [-0.25, -0.2) is 0 Å². The number of rotatable bonds is 3. The molecule has 0 saturated heterocycles. The van der Waals surface area contributed by atoms with Gasteiger partial charge in [0.1, 0.15) is 0 Å². The van der Waals surface area contributed by atoms with E-state index in [-0.39, 0.29) is 5.41 Å². The van der Waals surface area contributed by atoms with Crippen LogP contribution in [-0.4, -0.2) is 0 Å². The van der Waals surface area contributed by atoms with Crippen molar-refractivity contribution in [2.45, 2.75) is 97.3 Å². The largest absolute Gasteiger partial charge is 0.198 e. The normalized spacial score (nSPS) is 51.0. The lowest BCUT2D eigenvalue weighted by Gasteiger charge is -2.53. The van der Waals surface area contributed by atoms with Crippen molar-refractivity contribution in [1.82, 2.24) is 0 Å². The molecule has 1 nitrogen and oxygen atoms in total. The maximum absolute atomic E-state index is 9.94. The standard InChI is InChI=1S/C23H37N/c1-3-18-8-19-5-4-6-22(11-18,12-19)14-21-9-20-7-17(2)10-23(13-20,15-21)16-24/h17-21H,3-15H2,1-2H3. The molecule has 0 heterocycles. The van der Waals surface area contributed by atoms with E-state index in [1.54, 1.807) is 0 Å². The highest BCUT2D eigenvalue weighted by Gasteiger charge is 2.49. The van der Waals surface area contributed by atoms with E-state index in [1.165, 1.54) is 83.5 Å². The van der Waals surface area contributed by atoms with Gasteiger partial charge < -0.3 is 0 Å². The molecule has 0 aromatic rings. The van der Waals surface area contributed by atoms with Gasteiger partial charge in [-0.2, -0.15) is 5.26 Å². The van der Waals surface area contributed by atoms with Gasteiger partial charge in [-0.15, -0.1) is 0 Å². The van der Waals surface area contributed by atoms with Crippen LogP contribution < -0.4 is 0 Å². The van der Waals surface area contributed by atoms with Gasteiger partial charge in [-0.3, -0.25) is 0 Å². The Morgan fingerprint density at radius 3 is 2.58 bits per heavy atom. The summed E-state index contributed by atoms with van der Waals surface area (Å²) in [6, 6.07) is 2.82. The van der Waals surface area contributed by atoms with Crippen LogP contribution in [0.3, 0.4) is 0 Å². The summed E-state index contributed by atoms with van der Waals surface area (Å²) in [5.74, 6) is 4.52. The Morgan fingerprint density at radius 1 is 0.958 bits per heavy atom. The van der Waals surface area contributed by atoms with Crippen molar-refractivity contribution in [3.8, 4) is 6.07 Å². The molecule has 24 heavy (non-hydrogen) atoms. The molecular formula is C23H37N. The van der Waals surface area contributed by atoms with Crippen molar-refractivity contribution < 1.29 is 0 Å². The Kier molecular flexibility index (Phi) is 4.47. The number of fused-ring (bicyclic) bond motifs is 4. The van der Waals surface area contributed by atoms with Crippen molar-refractivity contribution in [2.75, 3.05) is 0 Å². The minimum atomic E-state index is 0.0504. The first-order valence-electron chi connectivity index (χ1n) is 10.9. The van der Waals surface area contributed by atoms with Crippen LogP contribution in [0.5, 0.6) is 0 Å². The van der Waals surface area contributed by atoms with Gasteiger partial charge in [0, 0.05) is 0 Å². The van der Waals surface area contributed by atoms with E-state index in [4.69, 9.17) is 0 Å². The predicted octanol–water partition coefficient (Wildman–Crippen LogP) is 6.73. The molecular weight excluding hydrogens is 290 g/mol. The first kappa shape index (κ1) is 16.9.